The van der Waals surface area contributed by atoms with Crippen molar-refractivity contribution < 1.29 is 63.2 Å². The van der Waals surface area contributed by atoms with Crippen LogP contribution in [0.3, 0.4) is 0 Å². The quantitative estimate of drug-likeness (QED) is 0.366. The molecule has 0 amide bonds. The van der Waals surface area contributed by atoms with Crippen LogP contribution in [-0.4, -0.2) is 64.9 Å². The standard InChI is InChI=1S/2C5H8O3.BH2O3.Li/c2*6-5(7)4-2-1-3-8-4;2-1(3)4;/h2*4H,1-3H2,(H,6,7);2-3H;/q;;-1;+1. The van der Waals surface area contributed by atoms with E-state index in [4.69, 9.17) is 34.8 Å². The molecular formula is C10H18BLiO9. The van der Waals surface area contributed by atoms with Gasteiger partial charge >= 0.3 is 38.1 Å². The Kier molecular flexibility index (Phi) is 14.1. The Bertz CT molecular complexity index is 261. The first-order valence-electron chi connectivity index (χ1n) is 6.05. The van der Waals surface area contributed by atoms with Gasteiger partial charge in [-0.15, -0.1) is 0 Å². The third kappa shape index (κ3) is 12.8. The van der Waals surface area contributed by atoms with Gasteiger partial charge < -0.3 is 34.8 Å². The largest absolute Gasteiger partial charge is 1.00 e. The smallest absolute Gasteiger partial charge is 0.832 e. The second-order valence-corrected chi connectivity index (χ2v) is 4.01. The van der Waals surface area contributed by atoms with Gasteiger partial charge in [-0.25, -0.2) is 9.59 Å². The third-order valence-electron chi connectivity index (χ3n) is 2.41. The monoisotopic (exact) mass is 300 g/mol. The molecule has 4 N–H and O–H groups in total. The summed E-state index contributed by atoms with van der Waals surface area (Å²) in [5, 5.41) is 39.3. The van der Waals surface area contributed by atoms with Crippen LogP contribution in [0.5, 0.6) is 0 Å². The molecule has 0 aromatic heterocycles. The molecule has 2 aliphatic rings. The molecule has 0 saturated carbocycles. The zero-order valence-electron chi connectivity index (χ0n) is 11.8. The van der Waals surface area contributed by atoms with Gasteiger partial charge in [-0.3, -0.25) is 0 Å². The summed E-state index contributed by atoms with van der Waals surface area (Å²) in [6, 6.07) is 0. The number of ether oxygens (including phenoxy) is 2. The van der Waals surface area contributed by atoms with E-state index >= 15 is 0 Å². The Hall–Kier alpha value is -0.598. The molecule has 0 aliphatic carbocycles. The van der Waals surface area contributed by atoms with E-state index in [2.05, 4.69) is 0 Å². The predicted octanol–water partition coefficient (Wildman–Crippen LogP) is -5.18. The molecule has 2 heterocycles. The second kappa shape index (κ2) is 13.1. The molecular weight excluding hydrogens is 282 g/mol. The molecule has 2 fully saturated rings. The van der Waals surface area contributed by atoms with Crippen molar-refractivity contribution in [1.82, 2.24) is 0 Å². The normalized spacial score (nSPS) is 22.8. The molecule has 0 radical (unpaired) electrons. The number of rotatable bonds is 2. The Balaban J connectivity index is 0. The summed E-state index contributed by atoms with van der Waals surface area (Å²) >= 11 is 0. The van der Waals surface area contributed by atoms with E-state index in [-0.39, 0.29) is 18.9 Å². The van der Waals surface area contributed by atoms with E-state index in [1.54, 1.807) is 0 Å². The summed E-state index contributed by atoms with van der Waals surface area (Å²) in [6.45, 7) is 1.22. The van der Waals surface area contributed by atoms with E-state index in [1.807, 2.05) is 0 Å². The van der Waals surface area contributed by atoms with Gasteiger partial charge in [0.05, 0.1) is 0 Å². The molecule has 2 aliphatic heterocycles. The zero-order chi connectivity index (χ0) is 15.5. The Labute approximate surface area is 134 Å². The summed E-state index contributed by atoms with van der Waals surface area (Å²) in [4.78, 5) is 20.2. The van der Waals surface area contributed by atoms with Crippen LogP contribution < -0.4 is 23.9 Å². The predicted molar refractivity (Wildman–Crippen MR) is 63.4 cm³/mol. The van der Waals surface area contributed by atoms with Crippen molar-refractivity contribution in [2.45, 2.75) is 37.9 Å². The third-order valence-corrected chi connectivity index (χ3v) is 2.41. The van der Waals surface area contributed by atoms with E-state index < -0.39 is 31.5 Å². The van der Waals surface area contributed by atoms with Crippen molar-refractivity contribution in [1.29, 1.82) is 0 Å². The fourth-order valence-corrected chi connectivity index (χ4v) is 1.54. The maximum absolute atomic E-state index is 10.1. The van der Waals surface area contributed by atoms with Gasteiger partial charge in [-0.2, -0.15) is 0 Å². The Morgan fingerprint density at radius 2 is 1.24 bits per heavy atom. The molecule has 2 saturated heterocycles. The number of hydrogen-bond acceptors (Lipinski definition) is 7. The van der Waals surface area contributed by atoms with Crippen LogP contribution in [0.25, 0.3) is 0 Å². The number of carbonyl (C=O) groups is 2. The average molecular weight is 300 g/mol. The first-order valence-corrected chi connectivity index (χ1v) is 6.05. The van der Waals surface area contributed by atoms with E-state index in [9.17, 15) is 9.59 Å². The summed E-state index contributed by atoms with van der Waals surface area (Å²) in [7, 11) is -2.42. The van der Waals surface area contributed by atoms with Crippen LogP contribution in [0.2, 0.25) is 0 Å². The maximum Gasteiger partial charge on any atom is 1.00 e. The first-order chi connectivity index (χ1) is 9.34. The summed E-state index contributed by atoms with van der Waals surface area (Å²) in [6.07, 6.45) is 2.09. The molecule has 2 atom stereocenters. The van der Waals surface area contributed by atoms with Crippen molar-refractivity contribution in [3.8, 4) is 0 Å². The SMILES string of the molecule is O=C(O)C1CCCO1.O=C(O)C1CCCO1.[Li+].[O-]B(O)O. The Morgan fingerprint density at radius 1 is 0.952 bits per heavy atom. The Morgan fingerprint density at radius 3 is 1.33 bits per heavy atom. The molecule has 0 aromatic rings. The van der Waals surface area contributed by atoms with Gasteiger partial charge in [0.25, 0.3) is 0 Å². The van der Waals surface area contributed by atoms with Gasteiger partial charge in [-0.05, 0) is 25.7 Å². The van der Waals surface area contributed by atoms with Crippen LogP contribution in [0, 0.1) is 0 Å². The van der Waals surface area contributed by atoms with Gasteiger partial charge in [-0.1, -0.05) is 0 Å². The van der Waals surface area contributed by atoms with Gasteiger partial charge in [0.1, 0.15) is 0 Å². The molecule has 0 bridgehead atoms. The fraction of sp³-hybridized carbons (Fsp3) is 0.800. The average Bonchev–Trinajstić information content (AvgIpc) is 3.03. The maximum atomic E-state index is 10.1. The van der Waals surface area contributed by atoms with Crippen molar-refractivity contribution in [3.63, 3.8) is 0 Å². The minimum Gasteiger partial charge on any atom is -0.832 e. The topological polar surface area (TPSA) is 157 Å². The van der Waals surface area contributed by atoms with Gasteiger partial charge in [0.15, 0.2) is 12.2 Å². The second-order valence-electron chi connectivity index (χ2n) is 4.01. The molecule has 9 nitrogen and oxygen atoms in total. The molecule has 2 unspecified atom stereocenters. The minimum absolute atomic E-state index is 0. The molecule has 21 heavy (non-hydrogen) atoms. The fourth-order valence-electron chi connectivity index (χ4n) is 1.54. The van der Waals surface area contributed by atoms with Crippen molar-refractivity contribution in [3.05, 3.63) is 0 Å². The molecule has 0 spiro atoms. The number of hydrogen-bond donors (Lipinski definition) is 4. The molecule has 0 aromatic carbocycles. The molecule has 11 heteroatoms. The van der Waals surface area contributed by atoms with Crippen LogP contribution in [0.4, 0.5) is 0 Å². The van der Waals surface area contributed by atoms with Crippen LogP contribution >= 0.6 is 0 Å². The first kappa shape index (κ1) is 22.7. The van der Waals surface area contributed by atoms with Gasteiger partial charge in [0.2, 0.25) is 0 Å². The molecule has 2 rings (SSSR count). The number of carboxylic acid groups (broad SMARTS) is 2. The zero-order valence-corrected chi connectivity index (χ0v) is 11.8. The van der Waals surface area contributed by atoms with E-state index in [0.717, 1.165) is 12.8 Å². The number of aliphatic carboxylic acids is 2. The number of carboxylic acids is 2. The van der Waals surface area contributed by atoms with Crippen LogP contribution in [0.15, 0.2) is 0 Å². The van der Waals surface area contributed by atoms with Crippen LogP contribution in [0.1, 0.15) is 25.7 Å². The van der Waals surface area contributed by atoms with E-state index in [0.29, 0.717) is 26.1 Å². The van der Waals surface area contributed by atoms with Crippen molar-refractivity contribution in [2.75, 3.05) is 13.2 Å². The summed E-state index contributed by atoms with van der Waals surface area (Å²) in [5.41, 5.74) is 0. The summed E-state index contributed by atoms with van der Waals surface area (Å²) < 4.78 is 9.63. The molecule has 116 valence electrons. The van der Waals surface area contributed by atoms with Gasteiger partial charge in [0, 0.05) is 13.2 Å². The van der Waals surface area contributed by atoms with Crippen LogP contribution in [-0.2, 0) is 19.1 Å². The van der Waals surface area contributed by atoms with Crippen molar-refractivity contribution in [2.24, 2.45) is 0 Å². The minimum atomic E-state index is -2.42. The summed E-state index contributed by atoms with van der Waals surface area (Å²) in [5.74, 6) is -1.66. The van der Waals surface area contributed by atoms with E-state index in [1.165, 1.54) is 0 Å². The van der Waals surface area contributed by atoms with Crippen molar-refractivity contribution >= 4 is 19.3 Å².